The lowest BCUT2D eigenvalue weighted by Crippen LogP contribution is -2.53. The van der Waals surface area contributed by atoms with Crippen molar-refractivity contribution in [3.8, 4) is 0 Å². The van der Waals surface area contributed by atoms with Crippen molar-refractivity contribution in [1.29, 1.82) is 0 Å². The molecule has 2 aliphatic rings. The first kappa shape index (κ1) is 60.6. The number of methoxy groups -OCH3 is 2. The van der Waals surface area contributed by atoms with Gasteiger partial charge in [0.05, 0.1) is 35.5 Å². The molecule has 0 radical (unpaired) electrons. The highest BCUT2D eigenvalue weighted by molar-refractivity contribution is 8.00. The summed E-state index contributed by atoms with van der Waals surface area (Å²) in [5.74, 6) is -3.16. The third-order valence-electron chi connectivity index (χ3n) is 15.2. The Labute approximate surface area is 425 Å². The van der Waals surface area contributed by atoms with Crippen LogP contribution in [0.2, 0.25) is 0 Å². The molecule has 2 aliphatic heterocycles. The van der Waals surface area contributed by atoms with E-state index in [0.29, 0.717) is 38.8 Å². The summed E-state index contributed by atoms with van der Waals surface area (Å²) in [6.07, 6.45) is 6.99. The number of rotatable bonds is 34. The van der Waals surface area contributed by atoms with Crippen LogP contribution in [0.15, 0.2) is 30.3 Å². The van der Waals surface area contributed by atoms with Gasteiger partial charge in [0.15, 0.2) is 5.78 Å². The molecular weight excluding hydrogens is 909 g/mol. The van der Waals surface area contributed by atoms with Crippen LogP contribution in [0.1, 0.15) is 144 Å². The Kier molecular flexibility index (Phi) is 26.3. The van der Waals surface area contributed by atoms with Crippen molar-refractivity contribution in [1.82, 2.24) is 19.6 Å². The van der Waals surface area contributed by atoms with E-state index in [-0.39, 0.29) is 108 Å². The molecule has 0 aromatic heterocycles. The third-order valence-corrected chi connectivity index (χ3v) is 16.5. The van der Waals surface area contributed by atoms with Crippen LogP contribution in [-0.2, 0) is 49.5 Å². The van der Waals surface area contributed by atoms with Gasteiger partial charge in [-0.1, -0.05) is 105 Å². The summed E-state index contributed by atoms with van der Waals surface area (Å²) >= 11 is 1.57. The number of ketones is 2. The molecule has 0 saturated carbocycles. The fraction of sp³-hybridized carbons (Fsp3) is 0.764. The number of hydrogen-bond donors (Lipinski definition) is 1. The van der Waals surface area contributed by atoms with Gasteiger partial charge in [0, 0.05) is 85.0 Å². The van der Waals surface area contributed by atoms with Crippen molar-refractivity contribution < 1.29 is 48.1 Å². The van der Waals surface area contributed by atoms with Gasteiger partial charge in [-0.25, -0.2) is 0 Å². The molecule has 0 bridgehead atoms. The van der Waals surface area contributed by atoms with Crippen LogP contribution in [-0.4, -0.2) is 155 Å². The average molecular weight is 999 g/mol. The lowest BCUT2D eigenvalue weighted by Gasteiger charge is -2.41. The van der Waals surface area contributed by atoms with Gasteiger partial charge in [-0.2, -0.15) is 0 Å². The number of aliphatic carboxylic acids is 1. The predicted octanol–water partition coefficient (Wildman–Crippen LogP) is 8.22. The molecule has 396 valence electrons. The predicted molar refractivity (Wildman–Crippen MR) is 277 cm³/mol. The van der Waals surface area contributed by atoms with Gasteiger partial charge in [-0.3, -0.25) is 43.4 Å². The van der Waals surface area contributed by atoms with Gasteiger partial charge in [0.1, 0.15) is 5.78 Å². The summed E-state index contributed by atoms with van der Waals surface area (Å²) in [7, 11) is 6.78. The maximum Gasteiger partial charge on any atom is 0.307 e. The van der Waals surface area contributed by atoms with Gasteiger partial charge >= 0.3 is 5.97 Å². The van der Waals surface area contributed by atoms with E-state index in [9.17, 15) is 38.7 Å². The minimum atomic E-state index is -0.990. The Morgan fingerprint density at radius 3 is 2.11 bits per heavy atom. The molecule has 0 aliphatic carbocycles. The monoisotopic (exact) mass is 999 g/mol. The molecule has 3 rings (SSSR count). The second-order valence-corrected chi connectivity index (χ2v) is 22.2. The molecule has 4 amide bonds. The number of benzene rings is 1. The first-order chi connectivity index (χ1) is 33.2. The summed E-state index contributed by atoms with van der Waals surface area (Å²) in [6.45, 7) is 17.7. The minimum absolute atomic E-state index is 0.00790. The molecule has 1 N–H and O–H groups in total. The van der Waals surface area contributed by atoms with E-state index in [0.717, 1.165) is 50.0 Å². The zero-order chi connectivity index (χ0) is 52.2. The van der Waals surface area contributed by atoms with Crippen LogP contribution in [0.4, 0.5) is 0 Å². The maximum atomic E-state index is 14.7. The molecule has 2 heterocycles. The molecular formula is C55H90N4O10S. The number of hydrogen-bond acceptors (Lipinski definition) is 11. The molecule has 0 spiro atoms. The van der Waals surface area contributed by atoms with Crippen molar-refractivity contribution >= 4 is 52.9 Å². The number of carboxylic acid groups (broad SMARTS) is 1. The zero-order valence-electron chi connectivity index (χ0n) is 44.9. The van der Waals surface area contributed by atoms with Crippen molar-refractivity contribution in [2.24, 2.45) is 35.5 Å². The fourth-order valence-corrected chi connectivity index (χ4v) is 12.0. The molecule has 1 aromatic rings. The molecule has 2 fully saturated rings. The Bertz CT molecular complexity index is 1830. The number of ether oxygens (including phenoxy) is 2. The van der Waals surface area contributed by atoms with Gasteiger partial charge < -0.3 is 24.4 Å². The number of amides is 4. The normalized spacial score (nSPS) is 20.0. The van der Waals surface area contributed by atoms with Crippen molar-refractivity contribution in [3.63, 3.8) is 0 Å². The zero-order valence-corrected chi connectivity index (χ0v) is 45.7. The molecule has 15 heteroatoms. The van der Waals surface area contributed by atoms with Gasteiger partial charge in [-0.15, -0.1) is 11.8 Å². The molecule has 2 saturated heterocycles. The quantitative estimate of drug-likeness (QED) is 0.0519. The number of carbonyl (C=O) groups excluding carboxylic acids is 6. The van der Waals surface area contributed by atoms with Crippen molar-refractivity contribution in [2.45, 2.75) is 181 Å². The van der Waals surface area contributed by atoms with E-state index in [2.05, 4.69) is 25.7 Å². The second-order valence-electron chi connectivity index (χ2n) is 20.8. The van der Waals surface area contributed by atoms with E-state index < -0.39 is 35.9 Å². The van der Waals surface area contributed by atoms with Crippen LogP contribution in [0, 0.1) is 35.5 Å². The number of Topliss-reactive ketones (excluding diaryl/α,β-unsaturated/α-hetero) is 2. The standard InChI is InChI=1S/C55H90N4O10S/c1-13-15-31-70-47-35-49(63)59(54(47)65)29-21-17-20-26-48(62)56(9)50(37(5)6)45(61)34-42(36(3)4)53(64)57(10)51(38(7)14-2)46(68-11)27-30-58-28-22-25-43(58)52(69-12)39(8)44(60)33-41(55(66)67)32-40-23-18-16-19-24-40/h16,18-19,23-24,36-39,41-43,46-47,50-52H,13-15,17,20-22,25-35H2,1-12H3,(H,66,67)/t38-,39-,41+,42-,43-,46+,47?,50-,51?,52+/m0/s1. The van der Waals surface area contributed by atoms with Crippen molar-refractivity contribution in [3.05, 3.63) is 35.9 Å². The summed E-state index contributed by atoms with van der Waals surface area (Å²) in [5.41, 5.74) is 0.876. The number of nitrogens with zero attached hydrogens (tertiary/aromatic N) is 4. The topological polar surface area (TPSA) is 171 Å². The van der Waals surface area contributed by atoms with Crippen LogP contribution in [0.5, 0.6) is 0 Å². The van der Waals surface area contributed by atoms with E-state index >= 15 is 0 Å². The van der Waals surface area contributed by atoms with Crippen LogP contribution in [0.3, 0.4) is 0 Å². The molecule has 2 unspecified atom stereocenters. The molecule has 10 atom stereocenters. The largest absolute Gasteiger partial charge is 0.481 e. The Morgan fingerprint density at radius 2 is 1.53 bits per heavy atom. The number of imide groups is 1. The minimum Gasteiger partial charge on any atom is -0.481 e. The number of unbranched alkanes of at least 4 members (excludes halogenated alkanes) is 3. The second kappa shape index (κ2) is 30.4. The summed E-state index contributed by atoms with van der Waals surface area (Å²) < 4.78 is 12.3. The lowest BCUT2D eigenvalue weighted by molar-refractivity contribution is -0.147. The summed E-state index contributed by atoms with van der Waals surface area (Å²) in [6, 6.07) is 8.32. The molecule has 1 aromatic carbocycles. The Hall–Kier alpha value is -3.66. The van der Waals surface area contributed by atoms with Gasteiger partial charge in [0.2, 0.25) is 23.6 Å². The van der Waals surface area contributed by atoms with E-state index in [4.69, 9.17) is 9.47 Å². The van der Waals surface area contributed by atoms with Crippen LogP contribution >= 0.6 is 11.8 Å². The Morgan fingerprint density at radius 1 is 0.843 bits per heavy atom. The van der Waals surface area contributed by atoms with Crippen LogP contribution in [0.25, 0.3) is 0 Å². The number of thioether (sulfide) groups is 1. The lowest BCUT2D eigenvalue weighted by atomic mass is 9.83. The van der Waals surface area contributed by atoms with Gasteiger partial charge in [0.25, 0.3) is 0 Å². The first-order valence-electron chi connectivity index (χ1n) is 26.3. The van der Waals surface area contributed by atoms with Gasteiger partial charge in [-0.05, 0) is 80.6 Å². The van der Waals surface area contributed by atoms with E-state index in [1.807, 2.05) is 72.0 Å². The number of carboxylic acids is 1. The smallest absolute Gasteiger partial charge is 0.307 e. The maximum absolute atomic E-state index is 14.7. The highest BCUT2D eigenvalue weighted by Crippen LogP contribution is 2.32. The van der Waals surface area contributed by atoms with Crippen LogP contribution < -0.4 is 0 Å². The number of likely N-dealkylation sites (N-methyl/N-ethyl adjacent to an activating group) is 2. The number of likely N-dealkylation sites (tertiary alicyclic amines) is 2. The fourth-order valence-electron chi connectivity index (χ4n) is 10.7. The highest BCUT2D eigenvalue weighted by Gasteiger charge is 2.42. The van der Waals surface area contributed by atoms with E-state index in [1.165, 1.54) is 4.90 Å². The Balaban J connectivity index is 1.64. The SMILES string of the molecule is CCCCSC1CC(=O)N(CCCCCC(=O)N(C)[C@H](C(=O)C[C@H](C(=O)N(C)C([C@@H](C)CC)[C@@H](CCN2CCC[C@H]2[C@H](OC)[C@@H](C)C(=O)C[C@@H](Cc2ccccc2)C(=O)O)OC)C(C)C)C(C)C)C1=O. The van der Waals surface area contributed by atoms with Crippen molar-refractivity contribution in [2.75, 3.05) is 53.7 Å². The summed E-state index contributed by atoms with van der Waals surface area (Å²) in [4.78, 5) is 101. The average Bonchev–Trinajstić information content (AvgIpc) is 3.90. The number of carbonyl (C=O) groups is 7. The highest BCUT2D eigenvalue weighted by atomic mass is 32.2. The first-order valence-corrected chi connectivity index (χ1v) is 27.4. The van der Waals surface area contributed by atoms with E-state index in [1.54, 1.807) is 42.8 Å². The summed E-state index contributed by atoms with van der Waals surface area (Å²) in [5, 5.41) is 9.74. The molecule has 70 heavy (non-hydrogen) atoms. The third kappa shape index (κ3) is 17.2. The molecule has 14 nitrogen and oxygen atoms in total.